The fraction of sp³-hybridized carbons (Fsp3) is 0.350. The van der Waals surface area contributed by atoms with E-state index in [4.69, 9.17) is 5.11 Å². The lowest BCUT2D eigenvalue weighted by Crippen LogP contribution is -2.40. The molecule has 0 saturated heterocycles. The number of amides is 1. The Morgan fingerprint density at radius 2 is 1.75 bits per heavy atom. The lowest BCUT2D eigenvalue weighted by Gasteiger charge is -2.22. The van der Waals surface area contributed by atoms with Crippen molar-refractivity contribution in [1.29, 1.82) is 0 Å². The number of carbonyl (C=O) groups excluding carboxylic acids is 1. The lowest BCUT2D eigenvalue weighted by atomic mass is 9.95. The van der Waals surface area contributed by atoms with Gasteiger partial charge in [-0.3, -0.25) is 4.79 Å². The summed E-state index contributed by atoms with van der Waals surface area (Å²) in [6.45, 7) is 1.69. The normalized spacial score (nSPS) is 13.3. The van der Waals surface area contributed by atoms with Gasteiger partial charge in [-0.15, -0.1) is 0 Å². The molecular formula is C20H25NO3. The van der Waals surface area contributed by atoms with Crippen molar-refractivity contribution in [1.82, 2.24) is 0 Å². The minimum atomic E-state index is -1.43. The second-order valence-electron chi connectivity index (χ2n) is 6.24. The average Bonchev–Trinajstić information content (AvgIpc) is 2.59. The summed E-state index contributed by atoms with van der Waals surface area (Å²) in [4.78, 5) is 12.4. The summed E-state index contributed by atoms with van der Waals surface area (Å²) in [5.41, 5.74) is 1.37. The van der Waals surface area contributed by atoms with Gasteiger partial charge < -0.3 is 15.5 Å². The predicted molar refractivity (Wildman–Crippen MR) is 95.9 cm³/mol. The van der Waals surface area contributed by atoms with E-state index in [-0.39, 0.29) is 6.61 Å². The average molecular weight is 327 g/mol. The van der Waals surface area contributed by atoms with Crippen molar-refractivity contribution in [2.24, 2.45) is 0 Å². The van der Waals surface area contributed by atoms with Crippen LogP contribution in [0.1, 0.15) is 30.9 Å². The maximum atomic E-state index is 12.4. The quantitative estimate of drug-likeness (QED) is 0.698. The summed E-state index contributed by atoms with van der Waals surface area (Å²) in [5, 5.41) is 22.2. The van der Waals surface area contributed by atoms with Gasteiger partial charge in [0.1, 0.15) is 5.60 Å². The Hall–Kier alpha value is -2.17. The van der Waals surface area contributed by atoms with Crippen molar-refractivity contribution in [2.45, 2.75) is 38.2 Å². The Morgan fingerprint density at radius 1 is 1.04 bits per heavy atom. The minimum absolute atomic E-state index is 0.144. The number of aliphatic hydroxyl groups is 2. The molecule has 2 aromatic carbocycles. The number of nitrogens with one attached hydrogen (secondary N) is 1. The van der Waals surface area contributed by atoms with Crippen LogP contribution in [0.3, 0.4) is 0 Å². The zero-order valence-electron chi connectivity index (χ0n) is 14.0. The molecule has 0 spiro atoms. The number of hydrogen-bond donors (Lipinski definition) is 3. The molecule has 1 unspecified atom stereocenters. The van der Waals surface area contributed by atoms with E-state index in [9.17, 15) is 9.90 Å². The molecule has 2 rings (SSSR count). The first kappa shape index (κ1) is 18.2. The van der Waals surface area contributed by atoms with Gasteiger partial charge in [-0.2, -0.15) is 0 Å². The summed E-state index contributed by atoms with van der Waals surface area (Å²) in [6.07, 6.45) is 2.43. The molecule has 0 aliphatic heterocycles. The molecule has 1 atom stereocenters. The molecule has 3 N–H and O–H groups in total. The zero-order valence-corrected chi connectivity index (χ0v) is 14.0. The molecule has 4 nitrogen and oxygen atoms in total. The number of aryl methyl sites for hydroxylation is 2. The second kappa shape index (κ2) is 8.62. The van der Waals surface area contributed by atoms with Crippen LogP contribution in [0.5, 0.6) is 0 Å². The Labute approximate surface area is 143 Å². The minimum Gasteiger partial charge on any atom is -0.396 e. The van der Waals surface area contributed by atoms with E-state index in [1.165, 1.54) is 0 Å². The first-order valence-corrected chi connectivity index (χ1v) is 8.29. The number of anilines is 1. The van der Waals surface area contributed by atoms with Gasteiger partial charge in [0.2, 0.25) is 0 Å². The molecule has 4 heteroatoms. The Morgan fingerprint density at radius 3 is 2.46 bits per heavy atom. The van der Waals surface area contributed by atoms with Crippen molar-refractivity contribution in [2.75, 3.05) is 11.9 Å². The molecule has 0 heterocycles. The molecule has 0 aliphatic carbocycles. The van der Waals surface area contributed by atoms with E-state index in [2.05, 4.69) is 5.32 Å². The lowest BCUT2D eigenvalue weighted by molar-refractivity contribution is -0.132. The van der Waals surface area contributed by atoms with Crippen LogP contribution in [0.4, 0.5) is 5.69 Å². The van der Waals surface area contributed by atoms with Gasteiger partial charge in [-0.05, 0) is 55.9 Å². The fourth-order valence-electron chi connectivity index (χ4n) is 2.50. The van der Waals surface area contributed by atoms with Crippen molar-refractivity contribution < 1.29 is 15.0 Å². The molecule has 128 valence electrons. The van der Waals surface area contributed by atoms with Crippen molar-refractivity contribution in [3.8, 4) is 0 Å². The van der Waals surface area contributed by atoms with Crippen LogP contribution >= 0.6 is 0 Å². The van der Waals surface area contributed by atoms with Gasteiger partial charge in [0.05, 0.1) is 0 Å². The molecule has 24 heavy (non-hydrogen) atoms. The molecule has 2 aromatic rings. The highest BCUT2D eigenvalue weighted by Gasteiger charge is 2.29. The molecular weight excluding hydrogens is 302 g/mol. The molecule has 0 aliphatic rings. The van der Waals surface area contributed by atoms with Gasteiger partial charge in [-0.25, -0.2) is 0 Å². The first-order chi connectivity index (χ1) is 11.5. The van der Waals surface area contributed by atoms with Gasteiger partial charge >= 0.3 is 0 Å². The Balaban J connectivity index is 1.94. The number of benzene rings is 2. The number of carbonyl (C=O) groups is 1. The second-order valence-corrected chi connectivity index (χ2v) is 6.24. The van der Waals surface area contributed by atoms with Gasteiger partial charge in [0, 0.05) is 12.3 Å². The molecule has 0 saturated carbocycles. The van der Waals surface area contributed by atoms with Crippen molar-refractivity contribution in [3.05, 3.63) is 65.7 Å². The molecule has 0 radical (unpaired) electrons. The first-order valence-electron chi connectivity index (χ1n) is 8.29. The molecule has 0 fully saturated rings. The van der Waals surface area contributed by atoms with Crippen LogP contribution in [-0.2, 0) is 17.6 Å². The summed E-state index contributed by atoms with van der Waals surface area (Å²) < 4.78 is 0. The molecule has 0 aromatic heterocycles. The highest BCUT2D eigenvalue weighted by atomic mass is 16.3. The third-order valence-corrected chi connectivity index (χ3v) is 4.04. The Kier molecular flexibility index (Phi) is 6.53. The summed E-state index contributed by atoms with van der Waals surface area (Å²) in [5.74, 6) is -0.405. The van der Waals surface area contributed by atoms with E-state index in [0.29, 0.717) is 24.9 Å². The number of aliphatic hydroxyl groups excluding tert-OH is 1. The van der Waals surface area contributed by atoms with Gasteiger partial charge in [0.25, 0.3) is 5.91 Å². The summed E-state index contributed by atoms with van der Waals surface area (Å²) in [7, 11) is 0. The maximum absolute atomic E-state index is 12.4. The molecule has 1 amide bonds. The van der Waals surface area contributed by atoms with Crippen molar-refractivity contribution >= 4 is 11.6 Å². The monoisotopic (exact) mass is 327 g/mol. The van der Waals surface area contributed by atoms with Crippen molar-refractivity contribution in [3.63, 3.8) is 0 Å². The highest BCUT2D eigenvalue weighted by Crippen LogP contribution is 2.18. The third-order valence-electron chi connectivity index (χ3n) is 4.04. The predicted octanol–water partition coefficient (Wildman–Crippen LogP) is 2.93. The van der Waals surface area contributed by atoms with E-state index in [0.717, 1.165) is 17.5 Å². The van der Waals surface area contributed by atoms with Crippen LogP contribution in [0.2, 0.25) is 0 Å². The SMILES string of the molecule is CC(O)(CCc1ccccc1)C(=O)Nc1cccc(CCCO)c1. The van der Waals surface area contributed by atoms with Gasteiger partial charge in [-0.1, -0.05) is 42.5 Å². The van der Waals surface area contributed by atoms with E-state index in [1.807, 2.05) is 48.5 Å². The summed E-state index contributed by atoms with van der Waals surface area (Å²) >= 11 is 0. The third kappa shape index (κ3) is 5.48. The topological polar surface area (TPSA) is 69.6 Å². The van der Waals surface area contributed by atoms with Crippen LogP contribution in [0.25, 0.3) is 0 Å². The Bertz CT molecular complexity index is 653. The smallest absolute Gasteiger partial charge is 0.256 e. The number of rotatable bonds is 8. The van der Waals surface area contributed by atoms with Crippen LogP contribution in [0, 0.1) is 0 Å². The van der Waals surface area contributed by atoms with Crippen LogP contribution in [0.15, 0.2) is 54.6 Å². The zero-order chi connectivity index (χ0) is 17.4. The highest BCUT2D eigenvalue weighted by molar-refractivity contribution is 5.96. The fourth-order valence-corrected chi connectivity index (χ4v) is 2.50. The summed E-state index contributed by atoms with van der Waals surface area (Å²) in [6, 6.07) is 17.3. The maximum Gasteiger partial charge on any atom is 0.256 e. The molecule has 0 bridgehead atoms. The van der Waals surface area contributed by atoms with E-state index >= 15 is 0 Å². The van der Waals surface area contributed by atoms with Crippen LogP contribution < -0.4 is 5.32 Å². The van der Waals surface area contributed by atoms with Crippen LogP contribution in [-0.4, -0.2) is 28.3 Å². The standard InChI is InChI=1S/C20H25NO3/c1-20(24,13-12-16-7-3-2-4-8-16)19(23)21-18-11-5-9-17(15-18)10-6-14-22/h2-5,7-9,11,15,22,24H,6,10,12-14H2,1H3,(H,21,23). The van der Waals surface area contributed by atoms with Gasteiger partial charge in [0.15, 0.2) is 0 Å². The largest absolute Gasteiger partial charge is 0.396 e. The van der Waals surface area contributed by atoms with E-state index in [1.54, 1.807) is 13.0 Å². The number of hydrogen-bond acceptors (Lipinski definition) is 3. The van der Waals surface area contributed by atoms with E-state index < -0.39 is 11.5 Å².